The minimum atomic E-state index is -4.41. The number of likely N-dealkylation sites (N-methyl/N-ethyl adjacent to an activating group) is 1. The largest absolute Gasteiger partial charge is 0.492 e. The van der Waals surface area contributed by atoms with Gasteiger partial charge in [0.15, 0.2) is 5.52 Å². The summed E-state index contributed by atoms with van der Waals surface area (Å²) in [6.07, 6.45) is 1.23. The molecule has 4 rings (SSSR count). The minimum absolute atomic E-state index is 0.0329. The maximum absolute atomic E-state index is 13.8. The van der Waals surface area contributed by atoms with Crippen LogP contribution in [0.15, 0.2) is 33.0 Å². The van der Waals surface area contributed by atoms with Crippen LogP contribution in [0, 0.1) is 6.92 Å². The molecule has 1 aromatic carbocycles. The quantitative estimate of drug-likeness (QED) is 0.438. The van der Waals surface area contributed by atoms with E-state index in [0.29, 0.717) is 31.0 Å². The number of benzene rings is 1. The number of nitrogens with zero attached hydrogens (tertiary/aromatic N) is 5. The second-order valence-corrected chi connectivity index (χ2v) is 10.1. The summed E-state index contributed by atoms with van der Waals surface area (Å²) in [6.45, 7) is 8.19. The smallest absolute Gasteiger partial charge is 0.316 e. The summed E-state index contributed by atoms with van der Waals surface area (Å²) in [5, 5.41) is 3.65. The van der Waals surface area contributed by atoms with E-state index >= 15 is 0 Å². The summed E-state index contributed by atoms with van der Waals surface area (Å²) in [5.74, 6) is -0.895. The van der Waals surface area contributed by atoms with E-state index in [-0.39, 0.29) is 35.0 Å². The Bertz CT molecular complexity index is 1510. The van der Waals surface area contributed by atoms with E-state index in [1.807, 2.05) is 6.92 Å². The summed E-state index contributed by atoms with van der Waals surface area (Å²) in [7, 11) is -4.41. The lowest BCUT2D eigenvalue weighted by atomic mass is 10.2. The van der Waals surface area contributed by atoms with E-state index in [4.69, 9.17) is 4.74 Å². The second-order valence-electron chi connectivity index (χ2n) is 8.29. The molecule has 0 bridgehead atoms. The molecule has 0 unspecified atom stereocenters. The standard InChI is InChI=1S/C23H28N6O6S/c1-5-8-18-24-14(4)19-20(30)25-23(26-29(18)19)36(33,34)17-13-15(9-10-16(17)35-7-3)28-12-11-27(6-2)21(31)22(28)32/h9-10,13H,5-8,11-12H2,1-4H3,(H,25,26,30). The molecule has 3 heterocycles. The molecule has 1 aliphatic rings. The van der Waals surface area contributed by atoms with E-state index in [1.165, 1.54) is 32.5 Å². The predicted molar refractivity (Wildman–Crippen MR) is 130 cm³/mol. The Morgan fingerprint density at radius 2 is 1.83 bits per heavy atom. The fourth-order valence-electron chi connectivity index (χ4n) is 4.20. The van der Waals surface area contributed by atoms with Crippen LogP contribution < -0.4 is 15.2 Å². The van der Waals surface area contributed by atoms with Gasteiger partial charge in [-0.2, -0.15) is 0 Å². The molecule has 2 aromatic heterocycles. The van der Waals surface area contributed by atoms with Gasteiger partial charge in [-0.3, -0.25) is 19.4 Å². The number of amides is 2. The van der Waals surface area contributed by atoms with Crippen molar-refractivity contribution >= 4 is 32.9 Å². The number of rotatable bonds is 8. The van der Waals surface area contributed by atoms with Gasteiger partial charge in [0, 0.05) is 31.7 Å². The number of piperazine rings is 1. The van der Waals surface area contributed by atoms with E-state index in [1.54, 1.807) is 20.8 Å². The zero-order valence-corrected chi connectivity index (χ0v) is 21.4. The van der Waals surface area contributed by atoms with Gasteiger partial charge in [0.2, 0.25) is 9.84 Å². The van der Waals surface area contributed by atoms with Gasteiger partial charge >= 0.3 is 11.8 Å². The van der Waals surface area contributed by atoms with Crippen molar-refractivity contribution in [2.45, 2.75) is 50.6 Å². The first-order valence-electron chi connectivity index (χ1n) is 11.7. The Kier molecular flexibility index (Phi) is 6.85. The highest BCUT2D eigenvalue weighted by Crippen LogP contribution is 2.33. The third-order valence-corrected chi connectivity index (χ3v) is 7.56. The summed E-state index contributed by atoms with van der Waals surface area (Å²) >= 11 is 0. The molecule has 36 heavy (non-hydrogen) atoms. The molecule has 1 aliphatic heterocycles. The van der Waals surface area contributed by atoms with Crippen molar-refractivity contribution in [2.24, 2.45) is 0 Å². The number of hydrogen-bond acceptors (Lipinski definition) is 8. The first-order chi connectivity index (χ1) is 17.1. The zero-order valence-electron chi connectivity index (χ0n) is 20.6. The maximum Gasteiger partial charge on any atom is 0.316 e. The van der Waals surface area contributed by atoms with Gasteiger partial charge in [0.1, 0.15) is 16.5 Å². The summed E-state index contributed by atoms with van der Waals surface area (Å²) in [4.78, 5) is 47.1. The van der Waals surface area contributed by atoms with E-state index in [0.717, 1.165) is 6.42 Å². The summed E-state index contributed by atoms with van der Waals surface area (Å²) in [6, 6.07) is 4.22. The van der Waals surface area contributed by atoms with Crippen molar-refractivity contribution < 1.29 is 22.7 Å². The number of carbonyl (C=O) groups excluding carboxylic acids is 2. The Morgan fingerprint density at radius 3 is 2.50 bits per heavy atom. The summed E-state index contributed by atoms with van der Waals surface area (Å²) < 4.78 is 34.3. The molecule has 0 atom stereocenters. The van der Waals surface area contributed by atoms with Crippen LogP contribution in [0.5, 0.6) is 5.75 Å². The van der Waals surface area contributed by atoms with Gasteiger partial charge in [-0.05, 0) is 45.4 Å². The Morgan fingerprint density at radius 1 is 1.08 bits per heavy atom. The van der Waals surface area contributed by atoms with Gasteiger partial charge in [0.05, 0.1) is 12.3 Å². The molecule has 0 radical (unpaired) electrons. The van der Waals surface area contributed by atoms with E-state index < -0.39 is 32.4 Å². The fraction of sp³-hybridized carbons (Fsp3) is 0.435. The number of sulfone groups is 1. The third-order valence-electron chi connectivity index (χ3n) is 5.97. The average molecular weight is 517 g/mol. The number of nitrogens with one attached hydrogen (secondary N) is 1. The van der Waals surface area contributed by atoms with Crippen molar-refractivity contribution in [3.63, 3.8) is 0 Å². The Balaban J connectivity index is 1.85. The number of ether oxygens (including phenoxy) is 1. The molecule has 0 aliphatic carbocycles. The highest BCUT2D eigenvalue weighted by Gasteiger charge is 2.34. The molecule has 0 saturated carbocycles. The topological polar surface area (TPSA) is 147 Å². The average Bonchev–Trinajstić information content (AvgIpc) is 3.17. The number of H-pyrrole nitrogens is 1. The second kappa shape index (κ2) is 9.72. The number of fused-ring (bicyclic) bond motifs is 1. The molecule has 1 fully saturated rings. The van der Waals surface area contributed by atoms with Crippen LogP contribution in [0.1, 0.15) is 38.7 Å². The molecular formula is C23H28N6O6S. The number of aromatic amines is 1. The summed E-state index contributed by atoms with van der Waals surface area (Å²) in [5.41, 5.74) is 0.206. The van der Waals surface area contributed by atoms with Crippen LogP contribution in [-0.2, 0) is 25.8 Å². The third kappa shape index (κ3) is 4.23. The number of aromatic nitrogens is 4. The lowest BCUT2D eigenvalue weighted by Gasteiger charge is -2.33. The molecule has 192 valence electrons. The molecule has 12 nitrogen and oxygen atoms in total. The lowest BCUT2D eigenvalue weighted by molar-refractivity contribution is -0.146. The zero-order chi connectivity index (χ0) is 26.2. The van der Waals surface area contributed by atoms with E-state index in [9.17, 15) is 22.8 Å². The van der Waals surface area contributed by atoms with Crippen LogP contribution in [0.3, 0.4) is 0 Å². The molecule has 3 aromatic rings. The van der Waals surface area contributed by atoms with Crippen LogP contribution in [0.2, 0.25) is 0 Å². The lowest BCUT2D eigenvalue weighted by Crippen LogP contribution is -2.54. The van der Waals surface area contributed by atoms with Gasteiger partial charge in [-0.1, -0.05) is 6.92 Å². The monoisotopic (exact) mass is 516 g/mol. The van der Waals surface area contributed by atoms with Crippen LogP contribution in [-0.4, -0.2) is 71.0 Å². The van der Waals surface area contributed by atoms with Crippen LogP contribution >= 0.6 is 0 Å². The number of imidazole rings is 1. The van der Waals surface area contributed by atoms with Gasteiger partial charge in [-0.15, -0.1) is 5.10 Å². The van der Waals surface area contributed by atoms with Crippen molar-refractivity contribution in [1.29, 1.82) is 0 Å². The Labute approximate surface area is 207 Å². The molecule has 2 amide bonds. The highest BCUT2D eigenvalue weighted by atomic mass is 32.2. The molecule has 13 heteroatoms. The van der Waals surface area contributed by atoms with Crippen molar-refractivity contribution in [3.05, 3.63) is 40.1 Å². The van der Waals surface area contributed by atoms with Gasteiger partial charge in [0.25, 0.3) is 10.7 Å². The number of carbonyl (C=O) groups is 2. The van der Waals surface area contributed by atoms with Crippen molar-refractivity contribution in [2.75, 3.05) is 31.1 Å². The molecule has 1 saturated heterocycles. The van der Waals surface area contributed by atoms with Crippen molar-refractivity contribution in [1.82, 2.24) is 24.5 Å². The maximum atomic E-state index is 13.8. The normalized spacial score (nSPS) is 14.7. The molecule has 0 spiro atoms. The predicted octanol–water partition coefficient (Wildman–Crippen LogP) is 1.11. The number of hydrogen-bond donors (Lipinski definition) is 1. The molecular weight excluding hydrogens is 488 g/mol. The molecule has 1 N–H and O–H groups in total. The fourth-order valence-corrected chi connectivity index (χ4v) is 5.49. The minimum Gasteiger partial charge on any atom is -0.492 e. The van der Waals surface area contributed by atoms with Gasteiger partial charge < -0.3 is 14.5 Å². The number of aryl methyl sites for hydroxylation is 2. The first kappa shape index (κ1) is 25.4. The Hall–Kier alpha value is -3.74. The first-order valence-corrected chi connectivity index (χ1v) is 13.2. The number of anilines is 1. The highest BCUT2D eigenvalue weighted by molar-refractivity contribution is 7.91. The van der Waals surface area contributed by atoms with Crippen LogP contribution in [0.4, 0.5) is 5.69 Å². The SMILES string of the molecule is CCCc1nc(C)c2c(=O)[nH]c(S(=O)(=O)c3cc(N4CCN(CC)C(=O)C4=O)ccc3OCC)nn12. The van der Waals surface area contributed by atoms with Crippen molar-refractivity contribution in [3.8, 4) is 5.75 Å². The van der Waals surface area contributed by atoms with E-state index in [2.05, 4.69) is 15.1 Å². The van der Waals surface area contributed by atoms with Crippen LogP contribution in [0.25, 0.3) is 5.52 Å². The van der Waals surface area contributed by atoms with Gasteiger partial charge in [-0.25, -0.2) is 17.9 Å².